The van der Waals surface area contributed by atoms with Crippen molar-refractivity contribution in [3.05, 3.63) is 53.7 Å². The topological polar surface area (TPSA) is 64.8 Å². The first kappa shape index (κ1) is 15.4. The number of carbonyl (C=O) groups is 1. The molecular formula is C18H20N2O4. The van der Waals surface area contributed by atoms with Gasteiger partial charge in [-0.1, -0.05) is 6.07 Å². The van der Waals surface area contributed by atoms with Gasteiger partial charge in [0.1, 0.15) is 5.76 Å². The van der Waals surface area contributed by atoms with Crippen LogP contribution in [0.25, 0.3) is 0 Å². The minimum Gasteiger partial charge on any atom is -0.456 e. The van der Waals surface area contributed by atoms with E-state index >= 15 is 0 Å². The average Bonchev–Trinajstić information content (AvgIpc) is 3.30. The van der Waals surface area contributed by atoms with Gasteiger partial charge in [0.25, 0.3) is 5.91 Å². The van der Waals surface area contributed by atoms with Crippen LogP contribution in [0, 0.1) is 12.8 Å². The molecule has 126 valence electrons. The molecule has 6 heteroatoms. The Balaban J connectivity index is 1.46. The SMILES string of the molecule is Cc1ccc(C(=O)N2C[C@@H](OCc3ccccn3)[C@@H]3COC[C@@H]32)o1. The van der Waals surface area contributed by atoms with E-state index in [4.69, 9.17) is 13.9 Å². The van der Waals surface area contributed by atoms with Gasteiger partial charge in [0, 0.05) is 18.7 Å². The molecule has 4 heterocycles. The lowest BCUT2D eigenvalue weighted by Crippen LogP contribution is -2.38. The van der Waals surface area contributed by atoms with Crippen LogP contribution in [0.15, 0.2) is 40.9 Å². The first-order valence-corrected chi connectivity index (χ1v) is 8.19. The van der Waals surface area contributed by atoms with Crippen molar-refractivity contribution in [3.63, 3.8) is 0 Å². The van der Waals surface area contributed by atoms with Crippen LogP contribution >= 0.6 is 0 Å². The molecule has 24 heavy (non-hydrogen) atoms. The highest BCUT2D eigenvalue weighted by Crippen LogP contribution is 2.33. The average molecular weight is 328 g/mol. The Kier molecular flexibility index (Phi) is 4.08. The fourth-order valence-corrected chi connectivity index (χ4v) is 3.48. The summed E-state index contributed by atoms with van der Waals surface area (Å²) < 4.78 is 17.1. The maximum atomic E-state index is 12.7. The summed E-state index contributed by atoms with van der Waals surface area (Å²) in [6.07, 6.45) is 1.71. The van der Waals surface area contributed by atoms with Crippen molar-refractivity contribution >= 4 is 5.91 Å². The van der Waals surface area contributed by atoms with Gasteiger partial charge in [-0.3, -0.25) is 9.78 Å². The second-order valence-corrected chi connectivity index (χ2v) is 6.31. The summed E-state index contributed by atoms with van der Waals surface area (Å²) in [4.78, 5) is 18.8. The third-order valence-corrected chi connectivity index (χ3v) is 4.73. The van der Waals surface area contributed by atoms with Gasteiger partial charge in [0.2, 0.25) is 0 Å². The van der Waals surface area contributed by atoms with E-state index in [1.807, 2.05) is 30.0 Å². The molecule has 3 atom stereocenters. The molecule has 2 fully saturated rings. The van der Waals surface area contributed by atoms with E-state index in [1.54, 1.807) is 18.3 Å². The molecule has 0 aliphatic carbocycles. The van der Waals surface area contributed by atoms with Crippen molar-refractivity contribution in [1.29, 1.82) is 0 Å². The number of aryl methyl sites for hydroxylation is 1. The molecule has 1 amide bonds. The van der Waals surface area contributed by atoms with Gasteiger partial charge in [0.05, 0.1) is 37.7 Å². The molecule has 0 spiro atoms. The van der Waals surface area contributed by atoms with E-state index in [0.717, 1.165) is 11.5 Å². The number of likely N-dealkylation sites (tertiary alicyclic amines) is 1. The smallest absolute Gasteiger partial charge is 0.289 e. The van der Waals surface area contributed by atoms with E-state index in [1.165, 1.54) is 0 Å². The molecule has 0 aromatic carbocycles. The Bertz CT molecular complexity index is 715. The number of fused-ring (bicyclic) bond motifs is 1. The second-order valence-electron chi connectivity index (χ2n) is 6.31. The zero-order chi connectivity index (χ0) is 16.5. The van der Waals surface area contributed by atoms with Gasteiger partial charge in [-0.25, -0.2) is 0 Å². The minimum atomic E-state index is -0.0902. The van der Waals surface area contributed by atoms with E-state index < -0.39 is 0 Å². The molecule has 2 aliphatic heterocycles. The third-order valence-electron chi connectivity index (χ3n) is 4.73. The molecule has 0 radical (unpaired) electrons. The fourth-order valence-electron chi connectivity index (χ4n) is 3.48. The number of pyridine rings is 1. The van der Waals surface area contributed by atoms with E-state index in [9.17, 15) is 4.79 Å². The molecule has 0 bridgehead atoms. The Labute approximate surface area is 140 Å². The summed E-state index contributed by atoms with van der Waals surface area (Å²) in [5.74, 6) is 1.23. The number of hydrogen-bond acceptors (Lipinski definition) is 5. The van der Waals surface area contributed by atoms with E-state index in [2.05, 4.69) is 4.98 Å². The molecule has 2 aromatic heterocycles. The number of amides is 1. The molecule has 2 aromatic rings. The van der Waals surface area contributed by atoms with Gasteiger partial charge in [-0.2, -0.15) is 0 Å². The molecule has 6 nitrogen and oxygen atoms in total. The summed E-state index contributed by atoms with van der Waals surface area (Å²) in [5, 5.41) is 0. The van der Waals surface area contributed by atoms with Crippen LogP contribution in [0.2, 0.25) is 0 Å². The zero-order valence-electron chi connectivity index (χ0n) is 13.6. The highest BCUT2D eigenvalue weighted by molar-refractivity contribution is 5.92. The van der Waals surface area contributed by atoms with Crippen LogP contribution in [0.1, 0.15) is 22.0 Å². The normalized spacial score (nSPS) is 25.9. The largest absolute Gasteiger partial charge is 0.456 e. The quantitative estimate of drug-likeness (QED) is 0.859. The fraction of sp³-hybridized carbons (Fsp3) is 0.444. The Morgan fingerprint density at radius 3 is 3.00 bits per heavy atom. The molecule has 0 saturated carbocycles. The highest BCUT2D eigenvalue weighted by Gasteiger charge is 2.48. The Morgan fingerprint density at radius 1 is 1.33 bits per heavy atom. The molecule has 0 N–H and O–H groups in total. The first-order valence-electron chi connectivity index (χ1n) is 8.19. The zero-order valence-corrected chi connectivity index (χ0v) is 13.6. The third kappa shape index (κ3) is 2.83. The number of carbonyl (C=O) groups excluding carboxylic acids is 1. The summed E-state index contributed by atoms with van der Waals surface area (Å²) in [5.41, 5.74) is 0.888. The molecule has 2 saturated heterocycles. The van der Waals surface area contributed by atoms with Crippen LogP contribution in [-0.4, -0.2) is 47.7 Å². The van der Waals surface area contributed by atoms with Gasteiger partial charge in [-0.05, 0) is 31.2 Å². The minimum absolute atomic E-state index is 0.0421. The predicted octanol–water partition coefficient (Wildman–Crippen LogP) is 2.04. The number of nitrogens with zero attached hydrogens (tertiary/aromatic N) is 2. The van der Waals surface area contributed by atoms with Crippen LogP contribution in [-0.2, 0) is 16.1 Å². The van der Waals surface area contributed by atoms with Gasteiger partial charge in [-0.15, -0.1) is 0 Å². The molecule has 2 aliphatic rings. The van der Waals surface area contributed by atoms with Crippen molar-refractivity contribution in [2.75, 3.05) is 19.8 Å². The van der Waals surface area contributed by atoms with Crippen LogP contribution < -0.4 is 0 Å². The first-order chi connectivity index (χ1) is 11.7. The summed E-state index contributed by atoms with van der Waals surface area (Å²) >= 11 is 0. The Morgan fingerprint density at radius 2 is 2.25 bits per heavy atom. The number of hydrogen-bond donors (Lipinski definition) is 0. The summed E-state index contributed by atoms with van der Waals surface area (Å²) in [6.45, 7) is 4.01. The maximum absolute atomic E-state index is 12.7. The predicted molar refractivity (Wildman–Crippen MR) is 85.4 cm³/mol. The van der Waals surface area contributed by atoms with Crippen molar-refractivity contribution < 1.29 is 18.7 Å². The molecule has 4 rings (SSSR count). The molecule has 0 unspecified atom stereocenters. The number of ether oxygens (including phenoxy) is 2. The van der Waals surface area contributed by atoms with Crippen molar-refractivity contribution in [1.82, 2.24) is 9.88 Å². The lowest BCUT2D eigenvalue weighted by Gasteiger charge is -2.21. The highest BCUT2D eigenvalue weighted by atomic mass is 16.5. The second kappa shape index (κ2) is 6.37. The van der Waals surface area contributed by atoms with Crippen LogP contribution in [0.5, 0.6) is 0 Å². The van der Waals surface area contributed by atoms with Gasteiger partial charge >= 0.3 is 0 Å². The standard InChI is InChI=1S/C18H20N2O4/c1-12-5-6-16(24-12)18(21)20-8-17(14-10-22-11-15(14)20)23-9-13-4-2-3-7-19-13/h2-7,14-15,17H,8-11H2,1H3/t14-,15+,17-/m1/s1. The van der Waals surface area contributed by atoms with Gasteiger partial charge in [0.15, 0.2) is 5.76 Å². The van der Waals surface area contributed by atoms with E-state index in [-0.39, 0.29) is 24.0 Å². The lowest BCUT2D eigenvalue weighted by atomic mass is 10.0. The maximum Gasteiger partial charge on any atom is 0.289 e. The number of furan rings is 1. The molecular weight excluding hydrogens is 308 g/mol. The van der Waals surface area contributed by atoms with E-state index in [0.29, 0.717) is 32.1 Å². The van der Waals surface area contributed by atoms with Crippen molar-refractivity contribution in [2.24, 2.45) is 5.92 Å². The van der Waals surface area contributed by atoms with Crippen LogP contribution in [0.4, 0.5) is 0 Å². The number of aromatic nitrogens is 1. The van der Waals surface area contributed by atoms with Crippen LogP contribution in [0.3, 0.4) is 0 Å². The van der Waals surface area contributed by atoms with Gasteiger partial charge < -0.3 is 18.8 Å². The Hall–Kier alpha value is -2.18. The summed E-state index contributed by atoms with van der Waals surface area (Å²) in [6, 6.07) is 9.34. The van der Waals surface area contributed by atoms with Crippen molar-refractivity contribution in [2.45, 2.75) is 25.7 Å². The van der Waals surface area contributed by atoms with Crippen molar-refractivity contribution in [3.8, 4) is 0 Å². The monoisotopic (exact) mass is 328 g/mol. The summed E-state index contributed by atoms with van der Waals surface area (Å²) in [7, 11) is 0. The lowest BCUT2D eigenvalue weighted by molar-refractivity contribution is 0.00775. The number of rotatable bonds is 4.